The minimum atomic E-state index is -0.116. The number of fused-ring (bicyclic) bond motifs is 8. The highest BCUT2D eigenvalue weighted by Crippen LogP contribution is 2.49. The van der Waals surface area contributed by atoms with Gasteiger partial charge >= 0.3 is 0 Å². The van der Waals surface area contributed by atoms with Crippen LogP contribution in [0.2, 0.25) is 0 Å². The quantitative estimate of drug-likeness (QED) is 0.165. The molecule has 60 heavy (non-hydrogen) atoms. The number of aromatic nitrogens is 1. The van der Waals surface area contributed by atoms with Gasteiger partial charge in [-0.15, -0.1) is 0 Å². The second kappa shape index (κ2) is 13.4. The fourth-order valence-corrected chi connectivity index (χ4v) is 9.95. The first-order valence-electron chi connectivity index (χ1n) is 21.3. The number of anilines is 6. The van der Waals surface area contributed by atoms with Crippen LogP contribution >= 0.6 is 0 Å². The lowest BCUT2D eigenvalue weighted by atomic mass is 9.32. The average molecular weight is 774 g/mol. The predicted octanol–water partition coefficient (Wildman–Crippen LogP) is 13.1. The molecule has 0 saturated carbocycles. The molecule has 0 aliphatic carbocycles. The van der Waals surface area contributed by atoms with Crippen LogP contribution in [0.3, 0.4) is 0 Å². The van der Waals surface area contributed by atoms with Gasteiger partial charge in [-0.1, -0.05) is 157 Å². The van der Waals surface area contributed by atoms with Crippen molar-refractivity contribution in [2.45, 2.75) is 52.4 Å². The van der Waals surface area contributed by atoms with Crippen LogP contribution in [-0.4, -0.2) is 11.3 Å². The van der Waals surface area contributed by atoms with Gasteiger partial charge in [-0.25, -0.2) is 0 Å². The summed E-state index contributed by atoms with van der Waals surface area (Å²) < 4.78 is 2.47. The third kappa shape index (κ3) is 5.50. The van der Waals surface area contributed by atoms with Crippen molar-refractivity contribution in [3.63, 3.8) is 0 Å². The minimum Gasteiger partial charge on any atom is -0.311 e. The van der Waals surface area contributed by atoms with E-state index in [0.717, 1.165) is 11.4 Å². The highest BCUT2D eigenvalue weighted by Gasteiger charge is 2.46. The maximum Gasteiger partial charge on any atom is 0.253 e. The lowest BCUT2D eigenvalue weighted by Gasteiger charge is -2.46. The summed E-state index contributed by atoms with van der Waals surface area (Å²) in [6, 6.07) is 67.9. The van der Waals surface area contributed by atoms with E-state index < -0.39 is 0 Å². The first-order valence-corrected chi connectivity index (χ1v) is 21.3. The SMILES string of the molecule is CC(C)(C)c1ccc2c(c1)N(c1ccccc1)c1cc(C(C)(C)C)cc3c1B2c1c(ccc2c1c1ccccc1n2-c1ccccc1)N3c1ccccc1-c1ccccc1. The Hall–Kier alpha value is -6.78. The Bertz CT molecular complexity index is 3120. The number of para-hydroxylation sites is 4. The molecule has 9 aromatic rings. The van der Waals surface area contributed by atoms with Gasteiger partial charge in [-0.2, -0.15) is 0 Å². The van der Waals surface area contributed by atoms with E-state index in [1.165, 1.54) is 88.9 Å². The number of benzene rings is 8. The third-order valence-corrected chi connectivity index (χ3v) is 12.9. The van der Waals surface area contributed by atoms with E-state index in [0.29, 0.717) is 0 Å². The Labute approximate surface area is 354 Å². The van der Waals surface area contributed by atoms with Crippen LogP contribution in [-0.2, 0) is 10.8 Å². The minimum absolute atomic E-state index is 0.0329. The molecule has 0 radical (unpaired) electrons. The van der Waals surface area contributed by atoms with Gasteiger partial charge in [0.15, 0.2) is 0 Å². The zero-order valence-electron chi connectivity index (χ0n) is 35.2. The fraction of sp³-hybridized carbons (Fsp3) is 0.143. The number of hydrogen-bond donors (Lipinski definition) is 0. The van der Waals surface area contributed by atoms with Crippen molar-refractivity contribution in [1.29, 1.82) is 0 Å². The van der Waals surface area contributed by atoms with Gasteiger partial charge in [0, 0.05) is 50.5 Å². The second-order valence-electron chi connectivity index (χ2n) is 18.6. The summed E-state index contributed by atoms with van der Waals surface area (Å²) in [5, 5.41) is 2.56. The normalized spacial score (nSPS) is 13.4. The van der Waals surface area contributed by atoms with Gasteiger partial charge in [0.2, 0.25) is 0 Å². The van der Waals surface area contributed by atoms with Gasteiger partial charge in [-0.05, 0) is 111 Å². The molecule has 2 aliphatic heterocycles. The van der Waals surface area contributed by atoms with E-state index >= 15 is 0 Å². The zero-order valence-corrected chi connectivity index (χ0v) is 35.2. The molecule has 0 N–H and O–H groups in total. The van der Waals surface area contributed by atoms with Crippen LogP contribution in [0.25, 0.3) is 38.6 Å². The first-order chi connectivity index (χ1) is 29.1. The topological polar surface area (TPSA) is 11.4 Å². The first kappa shape index (κ1) is 36.3. The van der Waals surface area contributed by atoms with E-state index in [2.05, 4.69) is 238 Å². The molecule has 0 atom stereocenters. The standard InChI is InChI=1S/C56H48BN3/c1-55(2,3)38-30-31-44-49(34-38)59(41-24-14-9-15-25-41)50-35-39(56(4,5)6)36-51-53(50)57(44)54-48(60(51)45-28-18-16-26-42(45)37-20-10-7-11-21-37)33-32-47-52(54)43-27-17-19-29-46(43)58(47)40-22-12-8-13-23-40/h7-36H,1-6H3. The van der Waals surface area contributed by atoms with Crippen LogP contribution in [0.15, 0.2) is 182 Å². The van der Waals surface area contributed by atoms with Gasteiger partial charge in [-0.3, -0.25) is 0 Å². The molecule has 0 saturated heterocycles. The van der Waals surface area contributed by atoms with Crippen molar-refractivity contribution in [2.24, 2.45) is 0 Å². The van der Waals surface area contributed by atoms with Crippen LogP contribution in [0.5, 0.6) is 0 Å². The van der Waals surface area contributed by atoms with E-state index in [1.807, 2.05) is 0 Å². The Balaban J connectivity index is 1.34. The van der Waals surface area contributed by atoms with Crippen LogP contribution < -0.4 is 26.2 Å². The molecule has 11 rings (SSSR count). The Morgan fingerprint density at radius 3 is 1.68 bits per heavy atom. The molecule has 4 heteroatoms. The van der Waals surface area contributed by atoms with E-state index in [1.54, 1.807) is 0 Å². The summed E-state index contributed by atoms with van der Waals surface area (Å²) >= 11 is 0. The Kier molecular flexibility index (Phi) is 8.09. The van der Waals surface area contributed by atoms with Crippen LogP contribution in [0.1, 0.15) is 52.7 Å². The summed E-state index contributed by atoms with van der Waals surface area (Å²) in [4.78, 5) is 5.17. The van der Waals surface area contributed by atoms with E-state index in [9.17, 15) is 0 Å². The maximum absolute atomic E-state index is 2.61. The lowest BCUT2D eigenvalue weighted by molar-refractivity contribution is 0.590. The molecular formula is C56H48BN3. The molecular weight excluding hydrogens is 725 g/mol. The van der Waals surface area contributed by atoms with Crippen molar-refractivity contribution in [2.75, 3.05) is 9.80 Å². The van der Waals surface area contributed by atoms with Gasteiger partial charge in [0.05, 0.1) is 16.7 Å². The summed E-state index contributed by atoms with van der Waals surface area (Å²) in [7, 11) is 0. The van der Waals surface area contributed by atoms with Crippen LogP contribution in [0, 0.1) is 0 Å². The molecule has 0 amide bonds. The highest BCUT2D eigenvalue weighted by molar-refractivity contribution is 7.02. The molecule has 0 bridgehead atoms. The van der Waals surface area contributed by atoms with Gasteiger partial charge < -0.3 is 14.4 Å². The van der Waals surface area contributed by atoms with Crippen molar-refractivity contribution >= 4 is 79.0 Å². The largest absolute Gasteiger partial charge is 0.311 e. The lowest BCUT2D eigenvalue weighted by Crippen LogP contribution is -2.61. The summed E-state index contributed by atoms with van der Waals surface area (Å²) in [6.45, 7) is 14.0. The van der Waals surface area contributed by atoms with Crippen molar-refractivity contribution in [3.05, 3.63) is 193 Å². The van der Waals surface area contributed by atoms with Gasteiger partial charge in [0.25, 0.3) is 6.71 Å². The Morgan fingerprint density at radius 2 is 0.983 bits per heavy atom. The smallest absolute Gasteiger partial charge is 0.253 e. The second-order valence-corrected chi connectivity index (χ2v) is 18.6. The molecule has 3 heterocycles. The highest BCUT2D eigenvalue weighted by atomic mass is 15.2. The number of rotatable bonds is 4. The molecule has 290 valence electrons. The van der Waals surface area contributed by atoms with E-state index in [4.69, 9.17) is 0 Å². The molecule has 0 fully saturated rings. The molecule has 8 aromatic carbocycles. The molecule has 2 aliphatic rings. The molecule has 3 nitrogen and oxygen atoms in total. The van der Waals surface area contributed by atoms with Crippen molar-refractivity contribution in [3.8, 4) is 16.8 Å². The van der Waals surface area contributed by atoms with Gasteiger partial charge in [0.1, 0.15) is 0 Å². The molecule has 0 spiro atoms. The van der Waals surface area contributed by atoms with E-state index in [-0.39, 0.29) is 17.5 Å². The maximum atomic E-state index is 2.61. The molecule has 0 unspecified atom stereocenters. The monoisotopic (exact) mass is 773 g/mol. The number of hydrogen-bond acceptors (Lipinski definition) is 2. The zero-order chi connectivity index (χ0) is 40.9. The van der Waals surface area contributed by atoms with Crippen LogP contribution in [0.4, 0.5) is 34.1 Å². The summed E-state index contributed by atoms with van der Waals surface area (Å²) in [5.74, 6) is 0. The fourth-order valence-electron chi connectivity index (χ4n) is 9.95. The average Bonchev–Trinajstić information content (AvgIpc) is 3.61. The number of nitrogens with zero attached hydrogens (tertiary/aromatic N) is 3. The summed E-state index contributed by atoms with van der Waals surface area (Å²) in [5.41, 5.74) is 19.7. The predicted molar refractivity (Wildman–Crippen MR) is 258 cm³/mol. The summed E-state index contributed by atoms with van der Waals surface area (Å²) in [6.07, 6.45) is 0. The van der Waals surface area contributed by atoms with Crippen molar-refractivity contribution < 1.29 is 0 Å². The molecule has 1 aromatic heterocycles. The van der Waals surface area contributed by atoms with Crippen molar-refractivity contribution in [1.82, 2.24) is 4.57 Å². The third-order valence-electron chi connectivity index (χ3n) is 12.9. The Morgan fingerprint density at radius 1 is 0.400 bits per heavy atom.